The first-order chi connectivity index (χ1) is 13.2. The van der Waals surface area contributed by atoms with E-state index in [0.717, 1.165) is 11.6 Å². The molecule has 148 valence electrons. The smallest absolute Gasteiger partial charge is 0.418 e. The fourth-order valence-electron chi connectivity index (χ4n) is 2.44. The molecule has 0 saturated carbocycles. The monoisotopic (exact) mass is 410 g/mol. The molecule has 28 heavy (non-hydrogen) atoms. The Hall–Kier alpha value is -2.88. The molecule has 3 aromatic rings. The lowest BCUT2D eigenvalue weighted by molar-refractivity contribution is -0.136. The maximum Gasteiger partial charge on any atom is 0.418 e. The van der Waals surface area contributed by atoms with Crippen molar-refractivity contribution < 1.29 is 22.4 Å². The summed E-state index contributed by atoms with van der Waals surface area (Å²) in [6, 6.07) is 5.58. The molecule has 2 aromatic heterocycles. The molecule has 0 spiro atoms. The number of thiophene rings is 1. The van der Waals surface area contributed by atoms with Gasteiger partial charge in [-0.05, 0) is 29.6 Å². The highest BCUT2D eigenvalue weighted by Crippen LogP contribution is 2.37. The molecule has 10 heteroatoms. The average Bonchev–Trinajstić information content (AvgIpc) is 3.30. The number of carbonyl (C=O) groups is 1. The van der Waals surface area contributed by atoms with Crippen LogP contribution in [-0.4, -0.2) is 30.2 Å². The van der Waals surface area contributed by atoms with Crippen molar-refractivity contribution in [2.75, 3.05) is 24.3 Å². The van der Waals surface area contributed by atoms with Crippen LogP contribution in [0.1, 0.15) is 17.9 Å². The summed E-state index contributed by atoms with van der Waals surface area (Å²) in [5.41, 5.74) is -0.0154. The molecule has 0 fully saturated rings. The summed E-state index contributed by atoms with van der Waals surface area (Å²) in [4.78, 5) is 13.7. The van der Waals surface area contributed by atoms with Crippen molar-refractivity contribution >= 4 is 28.6 Å². The van der Waals surface area contributed by atoms with Crippen molar-refractivity contribution in [1.82, 2.24) is 10.2 Å². The first kappa shape index (κ1) is 19.9. The van der Waals surface area contributed by atoms with Gasteiger partial charge in [0.25, 0.3) is 0 Å². The molecule has 1 N–H and O–H groups in total. The van der Waals surface area contributed by atoms with Gasteiger partial charge in [-0.15, -0.1) is 10.2 Å². The zero-order valence-electron chi connectivity index (χ0n) is 15.1. The molecule has 1 aromatic carbocycles. The highest BCUT2D eigenvalue weighted by Gasteiger charge is 2.34. The molecular weight excluding hydrogens is 393 g/mol. The van der Waals surface area contributed by atoms with E-state index in [1.54, 1.807) is 19.0 Å². The van der Waals surface area contributed by atoms with Crippen LogP contribution in [0.25, 0.3) is 11.5 Å². The minimum absolute atomic E-state index is 0.0853. The number of benzene rings is 1. The van der Waals surface area contributed by atoms with Crippen LogP contribution in [0.4, 0.5) is 24.5 Å². The van der Waals surface area contributed by atoms with Crippen LogP contribution in [0, 0.1) is 0 Å². The van der Waals surface area contributed by atoms with Crippen molar-refractivity contribution in [3.8, 4) is 11.5 Å². The Morgan fingerprint density at radius 2 is 2.04 bits per heavy atom. The van der Waals surface area contributed by atoms with E-state index in [2.05, 4.69) is 15.5 Å². The minimum atomic E-state index is -4.59. The SMILES string of the molecule is CN(C)c1ccc(NC(=O)CCc2nnc(-c3ccsc3)o2)c(C(F)(F)F)c1. The maximum atomic E-state index is 13.3. The van der Waals surface area contributed by atoms with E-state index in [4.69, 9.17) is 4.42 Å². The summed E-state index contributed by atoms with van der Waals surface area (Å²) in [7, 11) is 3.28. The Morgan fingerprint density at radius 1 is 1.25 bits per heavy atom. The Morgan fingerprint density at radius 3 is 2.68 bits per heavy atom. The normalized spacial score (nSPS) is 11.5. The Balaban J connectivity index is 1.66. The maximum absolute atomic E-state index is 13.3. The minimum Gasteiger partial charge on any atom is -0.421 e. The molecule has 0 aliphatic rings. The van der Waals surface area contributed by atoms with E-state index in [1.165, 1.54) is 23.5 Å². The van der Waals surface area contributed by atoms with Crippen LogP contribution in [0.2, 0.25) is 0 Å². The summed E-state index contributed by atoms with van der Waals surface area (Å²) < 4.78 is 45.5. The third kappa shape index (κ3) is 4.69. The fraction of sp³-hybridized carbons (Fsp3) is 0.278. The van der Waals surface area contributed by atoms with Gasteiger partial charge in [0.05, 0.1) is 11.3 Å². The number of anilines is 2. The van der Waals surface area contributed by atoms with Gasteiger partial charge in [-0.3, -0.25) is 4.79 Å². The second-order valence-electron chi connectivity index (χ2n) is 6.18. The van der Waals surface area contributed by atoms with Crippen LogP contribution in [0.5, 0.6) is 0 Å². The highest BCUT2D eigenvalue weighted by molar-refractivity contribution is 7.08. The second-order valence-corrected chi connectivity index (χ2v) is 6.96. The van der Waals surface area contributed by atoms with Gasteiger partial charge in [-0.25, -0.2) is 0 Å². The molecule has 0 radical (unpaired) electrons. The van der Waals surface area contributed by atoms with Gasteiger partial charge in [-0.2, -0.15) is 24.5 Å². The van der Waals surface area contributed by atoms with E-state index >= 15 is 0 Å². The van der Waals surface area contributed by atoms with Crippen molar-refractivity contribution in [3.63, 3.8) is 0 Å². The van der Waals surface area contributed by atoms with Crippen molar-refractivity contribution in [3.05, 3.63) is 46.5 Å². The summed E-state index contributed by atoms with van der Waals surface area (Å²) >= 11 is 1.48. The fourth-order valence-corrected chi connectivity index (χ4v) is 3.07. The van der Waals surface area contributed by atoms with Crippen molar-refractivity contribution in [2.24, 2.45) is 0 Å². The molecular formula is C18H17F3N4O2S. The van der Waals surface area contributed by atoms with Gasteiger partial charge >= 0.3 is 6.18 Å². The molecule has 0 unspecified atom stereocenters. The largest absolute Gasteiger partial charge is 0.421 e. The molecule has 0 bridgehead atoms. The van der Waals surface area contributed by atoms with Gasteiger partial charge in [0.2, 0.25) is 17.7 Å². The van der Waals surface area contributed by atoms with Crippen LogP contribution in [0.3, 0.4) is 0 Å². The number of aryl methyl sites for hydroxylation is 1. The van der Waals surface area contributed by atoms with Gasteiger partial charge in [0.15, 0.2) is 0 Å². The number of hydrogen-bond acceptors (Lipinski definition) is 6. The first-order valence-electron chi connectivity index (χ1n) is 8.27. The first-order valence-corrected chi connectivity index (χ1v) is 9.21. The Kier molecular flexibility index (Phi) is 5.68. The van der Waals surface area contributed by atoms with E-state index in [0.29, 0.717) is 11.6 Å². The zero-order chi connectivity index (χ0) is 20.3. The highest BCUT2D eigenvalue weighted by atomic mass is 32.1. The number of amides is 1. The predicted molar refractivity (Wildman–Crippen MR) is 100 cm³/mol. The average molecular weight is 410 g/mol. The van der Waals surface area contributed by atoms with Crippen LogP contribution in [0.15, 0.2) is 39.4 Å². The molecule has 1 amide bonds. The lowest BCUT2D eigenvalue weighted by Gasteiger charge is -2.18. The van der Waals surface area contributed by atoms with Crippen molar-refractivity contribution in [2.45, 2.75) is 19.0 Å². The lowest BCUT2D eigenvalue weighted by Crippen LogP contribution is -2.18. The van der Waals surface area contributed by atoms with Gasteiger partial charge in [0, 0.05) is 43.6 Å². The number of halogens is 3. The van der Waals surface area contributed by atoms with E-state index in [1.807, 2.05) is 16.8 Å². The quantitative estimate of drug-likeness (QED) is 0.650. The molecule has 0 aliphatic heterocycles. The summed E-state index contributed by atoms with van der Waals surface area (Å²) in [5, 5.41) is 13.8. The zero-order valence-corrected chi connectivity index (χ0v) is 15.9. The van der Waals surface area contributed by atoms with Crippen molar-refractivity contribution in [1.29, 1.82) is 0 Å². The summed E-state index contributed by atoms with van der Waals surface area (Å²) in [5.74, 6) is 0.0176. The number of carbonyl (C=O) groups excluding carboxylic acids is 1. The molecule has 3 rings (SSSR count). The third-order valence-electron chi connectivity index (χ3n) is 3.90. The van der Waals surface area contributed by atoms with E-state index in [-0.39, 0.29) is 24.4 Å². The van der Waals surface area contributed by atoms with Gasteiger partial charge in [-0.1, -0.05) is 0 Å². The molecule has 0 saturated heterocycles. The molecule has 2 heterocycles. The number of rotatable bonds is 6. The van der Waals surface area contributed by atoms with Gasteiger partial charge < -0.3 is 14.6 Å². The van der Waals surface area contributed by atoms with Crippen LogP contribution in [-0.2, 0) is 17.4 Å². The van der Waals surface area contributed by atoms with Crippen LogP contribution >= 0.6 is 11.3 Å². The number of alkyl halides is 3. The van der Waals surface area contributed by atoms with Gasteiger partial charge in [0.1, 0.15) is 0 Å². The third-order valence-corrected chi connectivity index (χ3v) is 4.58. The predicted octanol–water partition coefficient (Wildman–Crippen LogP) is 4.45. The topological polar surface area (TPSA) is 71.3 Å². The van der Waals surface area contributed by atoms with E-state index in [9.17, 15) is 18.0 Å². The molecule has 0 atom stereocenters. The van der Waals surface area contributed by atoms with E-state index < -0.39 is 17.6 Å². The lowest BCUT2D eigenvalue weighted by atomic mass is 10.1. The van der Waals surface area contributed by atoms with Crippen LogP contribution < -0.4 is 10.2 Å². The number of nitrogens with one attached hydrogen (secondary N) is 1. The second kappa shape index (κ2) is 8.01. The Bertz CT molecular complexity index is 952. The number of aromatic nitrogens is 2. The summed E-state index contributed by atoms with van der Waals surface area (Å²) in [6.45, 7) is 0. The number of hydrogen-bond donors (Lipinski definition) is 1. The Labute approximate surface area is 163 Å². The molecule has 6 nitrogen and oxygen atoms in total. The number of nitrogens with zero attached hydrogens (tertiary/aromatic N) is 3. The molecule has 0 aliphatic carbocycles. The standard InChI is InChI=1S/C18H17F3N4O2S/c1-25(2)12-3-4-14(13(9-12)18(19,20)21)22-15(26)5-6-16-23-24-17(27-16)11-7-8-28-10-11/h3-4,7-10H,5-6H2,1-2H3,(H,22,26). The summed E-state index contributed by atoms with van der Waals surface area (Å²) in [6.07, 6.45) is -4.55.